The summed E-state index contributed by atoms with van der Waals surface area (Å²) in [5.74, 6) is 2.51. The van der Waals surface area contributed by atoms with Crippen molar-refractivity contribution in [3.05, 3.63) is 65.0 Å². The number of amides is 1. The Morgan fingerprint density at radius 2 is 1.88 bits per heavy atom. The highest BCUT2D eigenvalue weighted by atomic mass is 16.5. The zero-order valence-corrected chi connectivity index (χ0v) is 21.0. The van der Waals surface area contributed by atoms with Crippen molar-refractivity contribution < 1.29 is 14.3 Å². The third kappa shape index (κ3) is 7.52. The Balaban J connectivity index is 1.63. The highest BCUT2D eigenvalue weighted by Crippen LogP contribution is 2.36. The van der Waals surface area contributed by atoms with Gasteiger partial charge in [0.1, 0.15) is 11.5 Å². The van der Waals surface area contributed by atoms with Gasteiger partial charge in [-0.3, -0.25) is 4.79 Å². The fourth-order valence-electron chi connectivity index (χ4n) is 4.62. The van der Waals surface area contributed by atoms with Crippen LogP contribution in [0.1, 0.15) is 77.8 Å². The summed E-state index contributed by atoms with van der Waals surface area (Å²) in [6.07, 6.45) is 12.2. The second-order valence-corrected chi connectivity index (χ2v) is 9.81. The van der Waals surface area contributed by atoms with E-state index in [9.17, 15) is 10.1 Å². The van der Waals surface area contributed by atoms with E-state index in [0.29, 0.717) is 18.4 Å². The van der Waals surface area contributed by atoms with Crippen LogP contribution in [0.15, 0.2) is 59.4 Å². The van der Waals surface area contributed by atoms with E-state index in [1.807, 2.05) is 37.3 Å². The van der Waals surface area contributed by atoms with Crippen LogP contribution >= 0.6 is 0 Å². The number of carbonyl (C=O) groups is 1. The summed E-state index contributed by atoms with van der Waals surface area (Å²) in [7, 11) is 0. The van der Waals surface area contributed by atoms with E-state index in [-0.39, 0.29) is 18.1 Å². The molecule has 0 bridgehead atoms. The van der Waals surface area contributed by atoms with Gasteiger partial charge in [-0.2, -0.15) is 5.26 Å². The molecule has 34 heavy (non-hydrogen) atoms. The molecule has 182 valence electrons. The summed E-state index contributed by atoms with van der Waals surface area (Å²) in [6, 6.07) is 10.4. The first kappa shape index (κ1) is 25.6. The number of nitrogens with one attached hydrogen (secondary N) is 1. The lowest BCUT2D eigenvalue weighted by Crippen LogP contribution is -2.23. The van der Waals surface area contributed by atoms with E-state index in [1.165, 1.54) is 6.92 Å². The average Bonchev–Trinajstić information content (AvgIpc) is 3.15. The van der Waals surface area contributed by atoms with E-state index in [4.69, 9.17) is 9.47 Å². The fraction of sp³-hybridized carbons (Fsp3) is 0.517. The van der Waals surface area contributed by atoms with Crippen molar-refractivity contribution in [1.29, 1.82) is 5.26 Å². The molecule has 0 spiro atoms. The van der Waals surface area contributed by atoms with Crippen molar-refractivity contribution >= 4 is 5.91 Å². The molecule has 3 rings (SSSR count). The summed E-state index contributed by atoms with van der Waals surface area (Å²) >= 11 is 0. The van der Waals surface area contributed by atoms with Crippen LogP contribution in [0, 0.1) is 23.2 Å². The Labute approximate surface area is 204 Å². The van der Waals surface area contributed by atoms with Crippen molar-refractivity contribution in [2.75, 3.05) is 6.61 Å². The van der Waals surface area contributed by atoms with Crippen molar-refractivity contribution in [3.63, 3.8) is 0 Å². The number of rotatable bonds is 8. The second-order valence-electron chi connectivity index (χ2n) is 9.81. The minimum atomic E-state index is -0.0342. The van der Waals surface area contributed by atoms with Crippen molar-refractivity contribution in [1.82, 2.24) is 5.32 Å². The van der Waals surface area contributed by atoms with Gasteiger partial charge in [-0.1, -0.05) is 32.1 Å². The number of hydrogen-bond donors (Lipinski definition) is 1. The van der Waals surface area contributed by atoms with E-state index in [1.54, 1.807) is 0 Å². The maximum atomic E-state index is 11.3. The molecule has 3 unspecified atom stereocenters. The van der Waals surface area contributed by atoms with Gasteiger partial charge in [-0.05, 0) is 92.7 Å². The molecule has 0 aromatic heterocycles. The third-order valence-electron chi connectivity index (χ3n) is 6.41. The zero-order chi connectivity index (χ0) is 24.5. The predicted octanol–water partition coefficient (Wildman–Crippen LogP) is 6.55. The molecule has 5 nitrogen and oxygen atoms in total. The van der Waals surface area contributed by atoms with Gasteiger partial charge in [0.2, 0.25) is 5.91 Å². The van der Waals surface area contributed by atoms with Crippen LogP contribution in [0.4, 0.5) is 0 Å². The van der Waals surface area contributed by atoms with E-state index in [2.05, 4.69) is 37.4 Å². The van der Waals surface area contributed by atoms with E-state index >= 15 is 0 Å². The van der Waals surface area contributed by atoms with Crippen LogP contribution in [0.2, 0.25) is 0 Å². The van der Waals surface area contributed by atoms with Gasteiger partial charge in [0.25, 0.3) is 0 Å². The summed E-state index contributed by atoms with van der Waals surface area (Å²) in [4.78, 5) is 11.3. The highest BCUT2D eigenvalue weighted by molar-refractivity contribution is 5.73. The molecule has 0 aliphatic heterocycles. The minimum Gasteiger partial charge on any atom is -0.494 e. The quantitative estimate of drug-likeness (QED) is 0.445. The van der Waals surface area contributed by atoms with Crippen LogP contribution in [-0.2, 0) is 9.53 Å². The van der Waals surface area contributed by atoms with Gasteiger partial charge in [-0.15, -0.1) is 0 Å². The van der Waals surface area contributed by atoms with E-state index in [0.717, 1.165) is 66.7 Å². The number of hydrogen-bond acceptors (Lipinski definition) is 4. The Morgan fingerprint density at radius 3 is 2.56 bits per heavy atom. The van der Waals surface area contributed by atoms with Gasteiger partial charge in [-0.25, -0.2) is 0 Å². The molecule has 2 aliphatic carbocycles. The van der Waals surface area contributed by atoms with Gasteiger partial charge >= 0.3 is 0 Å². The Bertz CT molecular complexity index is 966. The first-order valence-corrected chi connectivity index (χ1v) is 12.5. The topological polar surface area (TPSA) is 71.3 Å². The van der Waals surface area contributed by atoms with Gasteiger partial charge in [0, 0.05) is 6.92 Å². The molecule has 1 N–H and O–H groups in total. The fourth-order valence-corrected chi connectivity index (χ4v) is 4.62. The average molecular weight is 463 g/mol. The van der Waals surface area contributed by atoms with Gasteiger partial charge in [0.05, 0.1) is 30.4 Å². The number of carbonyl (C=O) groups excluding carboxylic acids is 1. The summed E-state index contributed by atoms with van der Waals surface area (Å²) < 4.78 is 12.3. The lowest BCUT2D eigenvalue weighted by atomic mass is 9.86. The molecule has 0 radical (unpaired) electrons. The molecule has 0 heterocycles. The number of benzene rings is 1. The van der Waals surface area contributed by atoms with Crippen LogP contribution < -0.4 is 10.1 Å². The standard InChI is InChI=1S/C29H38N2O3/c1-20(2)19-33-28-10-6-8-25(18-30)29(17-28)24-7-5-9-26(16-13-24)34-27-14-11-23(12-15-27)21(3)31-22(4)32/h8,10-12,14-15,17,20-21,24,26H,5-7,9,13,16,19H2,1-4H3,(H,31,32). The molecular formula is C29H38N2O3. The Hall–Kier alpha value is -3.00. The first-order chi connectivity index (χ1) is 16.4. The van der Waals surface area contributed by atoms with Crippen LogP contribution in [0.25, 0.3) is 0 Å². The zero-order valence-electron chi connectivity index (χ0n) is 21.0. The van der Waals surface area contributed by atoms with Crippen LogP contribution in [0.3, 0.4) is 0 Å². The van der Waals surface area contributed by atoms with Crippen molar-refractivity contribution in [2.24, 2.45) is 11.8 Å². The monoisotopic (exact) mass is 462 g/mol. The molecule has 1 saturated carbocycles. The number of nitriles is 1. The molecule has 3 atom stereocenters. The highest BCUT2D eigenvalue weighted by Gasteiger charge is 2.25. The minimum absolute atomic E-state index is 0.0242. The SMILES string of the molecule is CC(=O)NC(C)c1ccc(OC2CCCC(C3=CC(OCC(C)C)=CCC=C3C#N)CC2)cc1. The summed E-state index contributed by atoms with van der Waals surface area (Å²) in [6.45, 7) is 8.47. The molecule has 1 amide bonds. The van der Waals surface area contributed by atoms with Crippen molar-refractivity contribution in [3.8, 4) is 11.8 Å². The molecule has 1 aromatic rings. The Morgan fingerprint density at radius 1 is 1.12 bits per heavy atom. The largest absolute Gasteiger partial charge is 0.494 e. The maximum absolute atomic E-state index is 11.3. The predicted molar refractivity (Wildman–Crippen MR) is 135 cm³/mol. The van der Waals surface area contributed by atoms with Gasteiger partial charge < -0.3 is 14.8 Å². The normalized spacial score (nSPS) is 21.7. The first-order valence-electron chi connectivity index (χ1n) is 12.5. The lowest BCUT2D eigenvalue weighted by molar-refractivity contribution is -0.119. The molecular weight excluding hydrogens is 424 g/mol. The second kappa shape index (κ2) is 12.5. The number of ether oxygens (including phenoxy) is 2. The number of nitrogens with zero attached hydrogens (tertiary/aromatic N) is 1. The van der Waals surface area contributed by atoms with Crippen LogP contribution in [-0.4, -0.2) is 18.6 Å². The molecule has 1 fully saturated rings. The molecule has 1 aromatic carbocycles. The Kier molecular flexibility index (Phi) is 9.39. The summed E-state index contributed by atoms with van der Waals surface area (Å²) in [5.41, 5.74) is 2.96. The molecule has 0 saturated heterocycles. The van der Waals surface area contributed by atoms with Crippen molar-refractivity contribution in [2.45, 2.75) is 78.4 Å². The maximum Gasteiger partial charge on any atom is 0.217 e. The number of allylic oxidation sites excluding steroid dienone is 5. The van der Waals surface area contributed by atoms with E-state index < -0.39 is 0 Å². The van der Waals surface area contributed by atoms with Crippen LogP contribution in [0.5, 0.6) is 5.75 Å². The van der Waals surface area contributed by atoms with Gasteiger partial charge in [0.15, 0.2) is 0 Å². The lowest BCUT2D eigenvalue weighted by Gasteiger charge is -2.20. The third-order valence-corrected chi connectivity index (χ3v) is 6.41. The molecule has 2 aliphatic rings. The smallest absolute Gasteiger partial charge is 0.217 e. The molecule has 5 heteroatoms. The summed E-state index contributed by atoms with van der Waals surface area (Å²) in [5, 5.41) is 12.7.